The highest BCUT2D eigenvalue weighted by Crippen LogP contribution is 2.37. The number of nitrogens with one attached hydrogen (secondary N) is 2. The molecule has 162 valence electrons. The predicted molar refractivity (Wildman–Crippen MR) is 115 cm³/mol. The number of pyridine rings is 1. The van der Waals surface area contributed by atoms with E-state index in [-0.39, 0.29) is 12.0 Å². The van der Waals surface area contributed by atoms with Crippen molar-refractivity contribution in [1.29, 1.82) is 0 Å². The van der Waals surface area contributed by atoms with Crippen molar-refractivity contribution in [2.45, 2.75) is 50.5 Å². The van der Waals surface area contributed by atoms with Crippen LogP contribution in [0, 0.1) is 0 Å². The molecule has 2 aliphatic carbocycles. The molecule has 2 N–H and O–H groups in total. The first kappa shape index (κ1) is 20.8. The molecule has 1 unspecified atom stereocenters. The number of allylic oxidation sites excluding steroid dienone is 5. The Balaban J connectivity index is 1.56. The molecule has 2 heterocycles. The van der Waals surface area contributed by atoms with Gasteiger partial charge in [0.05, 0.1) is 24.8 Å². The van der Waals surface area contributed by atoms with Crippen LogP contribution in [-0.2, 0) is 4.74 Å². The zero-order valence-electron chi connectivity index (χ0n) is 17.2. The molecule has 0 spiro atoms. The third-order valence-corrected chi connectivity index (χ3v) is 6.29. The van der Waals surface area contributed by atoms with Crippen molar-refractivity contribution in [3.63, 3.8) is 0 Å². The standard InChI is InChI=1S/C23H29F2N3O2/c1-16(17-5-7-18(8-6-17)28-12-14-30-15-13-28)21-19(9-11-26-22(21)29)27-20-4-2-3-10-23(20,24)25/h5,7,9,11,20H,1-4,6,8,10,12-15H2,(H2,26,27,29). The summed E-state index contributed by atoms with van der Waals surface area (Å²) in [4.78, 5) is 17.6. The van der Waals surface area contributed by atoms with Gasteiger partial charge in [-0.3, -0.25) is 4.79 Å². The lowest BCUT2D eigenvalue weighted by Crippen LogP contribution is -2.42. The Labute approximate surface area is 175 Å². The number of alkyl halides is 2. The Hall–Kier alpha value is -2.41. The van der Waals surface area contributed by atoms with Gasteiger partial charge in [-0.25, -0.2) is 8.78 Å². The van der Waals surface area contributed by atoms with Crippen LogP contribution in [0.3, 0.4) is 0 Å². The number of aromatic nitrogens is 1. The fourth-order valence-electron chi connectivity index (χ4n) is 4.51. The van der Waals surface area contributed by atoms with Crippen LogP contribution in [-0.4, -0.2) is 48.2 Å². The van der Waals surface area contributed by atoms with Crippen molar-refractivity contribution >= 4 is 11.3 Å². The van der Waals surface area contributed by atoms with Crippen molar-refractivity contribution in [1.82, 2.24) is 9.88 Å². The third kappa shape index (κ3) is 4.36. The number of hydrogen-bond acceptors (Lipinski definition) is 4. The van der Waals surface area contributed by atoms with Crippen LogP contribution >= 0.6 is 0 Å². The summed E-state index contributed by atoms with van der Waals surface area (Å²) in [5.74, 6) is -2.78. The number of nitrogens with zero attached hydrogens (tertiary/aromatic N) is 1. The summed E-state index contributed by atoms with van der Waals surface area (Å²) in [6, 6.07) is 0.693. The summed E-state index contributed by atoms with van der Waals surface area (Å²) in [7, 11) is 0. The number of morpholine rings is 1. The number of halogens is 2. The van der Waals surface area contributed by atoms with Gasteiger partial charge in [0.2, 0.25) is 0 Å². The summed E-state index contributed by atoms with van der Waals surface area (Å²) in [6.45, 7) is 7.41. The first-order valence-electron chi connectivity index (χ1n) is 10.7. The Morgan fingerprint density at radius 3 is 2.73 bits per heavy atom. The highest BCUT2D eigenvalue weighted by atomic mass is 19.3. The van der Waals surface area contributed by atoms with Gasteiger partial charge < -0.3 is 19.9 Å². The van der Waals surface area contributed by atoms with Crippen molar-refractivity contribution in [3.8, 4) is 0 Å². The molecule has 0 aromatic carbocycles. The summed E-state index contributed by atoms with van der Waals surface area (Å²) >= 11 is 0. The monoisotopic (exact) mass is 417 g/mol. The fraction of sp³-hybridized carbons (Fsp3) is 0.522. The van der Waals surface area contributed by atoms with E-state index in [4.69, 9.17) is 4.74 Å². The van der Waals surface area contributed by atoms with Crippen molar-refractivity contribution in [3.05, 3.63) is 58.2 Å². The average molecular weight is 418 g/mol. The van der Waals surface area contributed by atoms with Gasteiger partial charge in [-0.1, -0.05) is 19.1 Å². The largest absolute Gasteiger partial charge is 0.378 e. The highest BCUT2D eigenvalue weighted by molar-refractivity contribution is 5.84. The van der Waals surface area contributed by atoms with E-state index in [1.807, 2.05) is 6.08 Å². The number of rotatable bonds is 5. The number of hydrogen-bond donors (Lipinski definition) is 2. The maximum Gasteiger partial charge on any atom is 0.267 e. The molecule has 2 fully saturated rings. The number of aromatic amines is 1. The van der Waals surface area contributed by atoms with Crippen molar-refractivity contribution < 1.29 is 13.5 Å². The molecular formula is C23H29F2N3O2. The smallest absolute Gasteiger partial charge is 0.267 e. The minimum atomic E-state index is -2.78. The molecule has 1 aromatic rings. The molecule has 1 aliphatic heterocycles. The Kier molecular flexibility index (Phi) is 6.09. The topological polar surface area (TPSA) is 57.4 Å². The molecule has 1 saturated heterocycles. The maximum absolute atomic E-state index is 14.4. The van der Waals surface area contributed by atoms with Crippen LogP contribution in [0.15, 0.2) is 47.1 Å². The van der Waals surface area contributed by atoms with E-state index >= 15 is 0 Å². The van der Waals surface area contributed by atoms with E-state index in [2.05, 4.69) is 27.9 Å². The molecule has 5 nitrogen and oxygen atoms in total. The molecule has 1 saturated carbocycles. The average Bonchev–Trinajstić information content (AvgIpc) is 2.76. The second kappa shape index (κ2) is 8.76. The fourth-order valence-corrected chi connectivity index (χ4v) is 4.51. The summed E-state index contributed by atoms with van der Waals surface area (Å²) in [5.41, 5.74) is 3.29. The Bertz CT molecular complexity index is 913. The van der Waals surface area contributed by atoms with Gasteiger partial charge in [0.15, 0.2) is 0 Å². The van der Waals surface area contributed by atoms with Crippen LogP contribution in [0.1, 0.15) is 44.1 Å². The molecule has 4 rings (SSSR count). The van der Waals surface area contributed by atoms with E-state index in [0.717, 1.165) is 51.1 Å². The van der Waals surface area contributed by atoms with E-state index in [0.29, 0.717) is 29.7 Å². The van der Waals surface area contributed by atoms with Crippen molar-refractivity contribution in [2.24, 2.45) is 0 Å². The van der Waals surface area contributed by atoms with Gasteiger partial charge in [0.1, 0.15) is 0 Å². The van der Waals surface area contributed by atoms with Crippen LogP contribution in [0.25, 0.3) is 5.57 Å². The molecule has 7 heteroatoms. The lowest BCUT2D eigenvalue weighted by molar-refractivity contribution is -0.0448. The zero-order chi connectivity index (χ0) is 21.1. The van der Waals surface area contributed by atoms with Crippen LogP contribution in [0.2, 0.25) is 0 Å². The minimum absolute atomic E-state index is 0.121. The normalized spacial score (nSPS) is 24.1. The predicted octanol–water partition coefficient (Wildman–Crippen LogP) is 4.31. The SMILES string of the molecule is C=C(C1=CC=C(N2CCOCC2)CC1)c1c(NC2CCCCC2(F)F)cc[nH]c1=O. The molecule has 0 amide bonds. The van der Waals surface area contributed by atoms with Gasteiger partial charge in [-0.2, -0.15) is 0 Å². The quantitative estimate of drug-likeness (QED) is 0.750. The van der Waals surface area contributed by atoms with Gasteiger partial charge in [-0.05, 0) is 49.0 Å². The second-order valence-corrected chi connectivity index (χ2v) is 8.23. The number of anilines is 1. The number of H-pyrrole nitrogens is 1. The minimum Gasteiger partial charge on any atom is -0.378 e. The van der Waals surface area contributed by atoms with Gasteiger partial charge in [0.25, 0.3) is 11.5 Å². The third-order valence-electron chi connectivity index (χ3n) is 6.29. The molecule has 1 atom stereocenters. The van der Waals surface area contributed by atoms with E-state index in [9.17, 15) is 13.6 Å². The molecule has 0 bridgehead atoms. The molecule has 1 aromatic heterocycles. The van der Waals surface area contributed by atoms with Crippen LogP contribution < -0.4 is 10.9 Å². The van der Waals surface area contributed by atoms with Crippen LogP contribution in [0.4, 0.5) is 14.5 Å². The van der Waals surface area contributed by atoms with Gasteiger partial charge >= 0.3 is 0 Å². The lowest BCUT2D eigenvalue weighted by Gasteiger charge is -2.33. The number of ether oxygens (including phenoxy) is 1. The molecule has 0 radical (unpaired) electrons. The van der Waals surface area contributed by atoms with Gasteiger partial charge in [-0.15, -0.1) is 0 Å². The highest BCUT2D eigenvalue weighted by Gasteiger charge is 2.41. The summed E-state index contributed by atoms with van der Waals surface area (Å²) < 4.78 is 34.1. The van der Waals surface area contributed by atoms with E-state index in [1.165, 1.54) is 11.9 Å². The van der Waals surface area contributed by atoms with Crippen LogP contribution in [0.5, 0.6) is 0 Å². The maximum atomic E-state index is 14.4. The first-order valence-corrected chi connectivity index (χ1v) is 10.7. The first-order chi connectivity index (χ1) is 14.5. The van der Waals surface area contributed by atoms with Gasteiger partial charge in [0, 0.05) is 37.1 Å². The molecule has 30 heavy (non-hydrogen) atoms. The van der Waals surface area contributed by atoms with E-state index in [1.54, 1.807) is 6.07 Å². The summed E-state index contributed by atoms with van der Waals surface area (Å²) in [6.07, 6.45) is 8.75. The Morgan fingerprint density at radius 2 is 2.03 bits per heavy atom. The van der Waals surface area contributed by atoms with Crippen molar-refractivity contribution in [2.75, 3.05) is 31.6 Å². The summed E-state index contributed by atoms with van der Waals surface area (Å²) in [5, 5.41) is 2.97. The second-order valence-electron chi connectivity index (χ2n) is 8.23. The Morgan fingerprint density at radius 1 is 1.23 bits per heavy atom. The lowest BCUT2D eigenvalue weighted by atomic mass is 9.89. The molecular weight excluding hydrogens is 388 g/mol. The van der Waals surface area contributed by atoms with E-state index < -0.39 is 12.0 Å². The zero-order valence-corrected chi connectivity index (χ0v) is 17.2. The molecule has 3 aliphatic rings.